The number of aromatic nitrogens is 1. The molecule has 0 fully saturated rings. The van der Waals surface area contributed by atoms with Crippen molar-refractivity contribution in [3.05, 3.63) is 48.2 Å². The van der Waals surface area contributed by atoms with E-state index in [0.717, 1.165) is 9.92 Å². The molecule has 1 heterocycles. The minimum atomic E-state index is -3.53. The molecule has 0 unspecified atom stereocenters. The van der Waals surface area contributed by atoms with Crippen LogP contribution in [0.1, 0.15) is 12.0 Å². The summed E-state index contributed by atoms with van der Waals surface area (Å²) in [4.78, 5) is 5.41. The zero-order valence-electron chi connectivity index (χ0n) is 12.0. The molecule has 0 bridgehead atoms. The lowest BCUT2D eigenvalue weighted by Gasteiger charge is -2.12. The van der Waals surface area contributed by atoms with Crippen LogP contribution in [-0.4, -0.2) is 25.3 Å². The van der Waals surface area contributed by atoms with E-state index in [4.69, 9.17) is 12.2 Å². The van der Waals surface area contributed by atoms with Crippen molar-refractivity contribution in [2.24, 2.45) is 0 Å². The molecule has 0 saturated carbocycles. The highest BCUT2D eigenvalue weighted by molar-refractivity contribution is 7.99. The average Bonchev–Trinajstić information content (AvgIpc) is 2.50. The topological polar surface area (TPSA) is 59.1 Å². The zero-order chi connectivity index (χ0) is 16.0. The van der Waals surface area contributed by atoms with E-state index in [-0.39, 0.29) is 4.90 Å². The molecule has 0 spiro atoms. The van der Waals surface area contributed by atoms with Crippen LogP contribution >= 0.6 is 24.0 Å². The first-order valence-electron chi connectivity index (χ1n) is 6.66. The molecule has 0 aliphatic heterocycles. The smallest absolute Gasteiger partial charge is 0.240 e. The van der Waals surface area contributed by atoms with Crippen molar-refractivity contribution in [2.45, 2.75) is 28.2 Å². The summed E-state index contributed by atoms with van der Waals surface area (Å²) >= 11 is 6.15. The molecule has 22 heavy (non-hydrogen) atoms. The molecule has 0 amide bonds. The van der Waals surface area contributed by atoms with Gasteiger partial charge in [0.05, 0.1) is 4.90 Å². The standard InChI is InChI=1S/C15H16N2O2S3/c1-12-13(21-15-8-2-3-9-16-15)6-4-7-14(12)22(18,19)17-10-5-11-20/h2-4,6-9,11,17H,5,10H2,1H3. The van der Waals surface area contributed by atoms with Gasteiger partial charge in [-0.2, -0.15) is 0 Å². The van der Waals surface area contributed by atoms with Crippen LogP contribution in [0.2, 0.25) is 0 Å². The van der Waals surface area contributed by atoms with Crippen molar-refractivity contribution in [1.82, 2.24) is 9.71 Å². The average molecular weight is 353 g/mol. The van der Waals surface area contributed by atoms with Gasteiger partial charge in [0, 0.05) is 17.6 Å². The predicted octanol–water partition coefficient (Wildman–Crippen LogP) is 3.21. The number of thiocarbonyl (C=S) groups is 1. The first kappa shape index (κ1) is 17.1. The van der Waals surface area contributed by atoms with Gasteiger partial charge in [-0.25, -0.2) is 18.1 Å². The predicted molar refractivity (Wildman–Crippen MR) is 93.0 cm³/mol. The molecule has 116 valence electrons. The van der Waals surface area contributed by atoms with Gasteiger partial charge in [0.15, 0.2) is 0 Å². The Morgan fingerprint density at radius 2 is 2.09 bits per heavy atom. The number of nitrogens with one attached hydrogen (secondary N) is 1. The summed E-state index contributed by atoms with van der Waals surface area (Å²) in [7, 11) is -3.53. The number of hydrogen-bond acceptors (Lipinski definition) is 5. The third-order valence-corrected chi connectivity index (χ3v) is 5.88. The highest BCUT2D eigenvalue weighted by atomic mass is 32.2. The molecular formula is C15H16N2O2S3. The number of benzene rings is 1. The molecule has 0 aliphatic carbocycles. The molecule has 0 aliphatic rings. The summed E-state index contributed by atoms with van der Waals surface area (Å²) in [6.07, 6.45) is 2.24. The Labute approximate surface area is 140 Å². The van der Waals surface area contributed by atoms with Gasteiger partial charge in [0.2, 0.25) is 10.0 Å². The van der Waals surface area contributed by atoms with Gasteiger partial charge in [0.25, 0.3) is 0 Å². The Balaban J connectivity index is 2.27. The van der Waals surface area contributed by atoms with Gasteiger partial charge in [-0.05, 0) is 48.5 Å². The van der Waals surface area contributed by atoms with E-state index >= 15 is 0 Å². The first-order valence-corrected chi connectivity index (χ1v) is 9.43. The van der Waals surface area contributed by atoms with Gasteiger partial charge in [-0.1, -0.05) is 36.1 Å². The monoisotopic (exact) mass is 352 g/mol. The Kier molecular flexibility index (Phi) is 6.07. The number of hydrogen-bond donors (Lipinski definition) is 1. The van der Waals surface area contributed by atoms with E-state index < -0.39 is 10.0 Å². The number of rotatable bonds is 7. The van der Waals surface area contributed by atoms with E-state index in [1.165, 1.54) is 17.1 Å². The molecule has 1 aromatic heterocycles. The largest absolute Gasteiger partial charge is 0.250 e. The van der Waals surface area contributed by atoms with Crippen LogP contribution in [0.15, 0.2) is 57.4 Å². The highest BCUT2D eigenvalue weighted by Gasteiger charge is 2.18. The Morgan fingerprint density at radius 3 is 2.77 bits per heavy atom. The van der Waals surface area contributed by atoms with Crippen LogP contribution in [0.4, 0.5) is 0 Å². The number of sulfonamides is 1. The SMILES string of the molecule is Cc1c(Sc2ccccn2)cccc1S(=O)(=O)NCCC=S. The maximum Gasteiger partial charge on any atom is 0.240 e. The Morgan fingerprint density at radius 1 is 1.27 bits per heavy atom. The van der Waals surface area contributed by atoms with Crippen molar-refractivity contribution in [1.29, 1.82) is 0 Å². The molecular weight excluding hydrogens is 336 g/mol. The van der Waals surface area contributed by atoms with Gasteiger partial charge in [-0.3, -0.25) is 0 Å². The number of nitrogens with zero attached hydrogens (tertiary/aromatic N) is 1. The molecule has 0 radical (unpaired) electrons. The molecule has 2 aromatic rings. The fourth-order valence-corrected chi connectivity index (χ4v) is 4.24. The van der Waals surface area contributed by atoms with E-state index in [9.17, 15) is 8.42 Å². The second-order valence-corrected chi connectivity index (χ2v) is 7.63. The third kappa shape index (κ3) is 4.36. The summed E-state index contributed by atoms with van der Waals surface area (Å²) in [5.74, 6) is 0. The summed E-state index contributed by atoms with van der Waals surface area (Å²) in [6, 6.07) is 10.9. The van der Waals surface area contributed by atoms with Crippen LogP contribution in [0.5, 0.6) is 0 Å². The molecule has 2 rings (SSSR count). The Hall–Kier alpha value is -1.28. The quantitative estimate of drug-likeness (QED) is 0.612. The van der Waals surface area contributed by atoms with Crippen LogP contribution in [-0.2, 0) is 10.0 Å². The van der Waals surface area contributed by atoms with E-state index in [2.05, 4.69) is 9.71 Å². The Bertz CT molecular complexity index is 747. The van der Waals surface area contributed by atoms with E-state index in [0.29, 0.717) is 18.5 Å². The molecule has 1 aromatic carbocycles. The minimum Gasteiger partial charge on any atom is -0.250 e. The summed E-state index contributed by atoms with van der Waals surface area (Å²) < 4.78 is 27.3. The molecule has 0 atom stereocenters. The highest BCUT2D eigenvalue weighted by Crippen LogP contribution is 2.31. The second-order valence-electron chi connectivity index (χ2n) is 4.50. The molecule has 0 saturated heterocycles. The maximum absolute atomic E-state index is 12.3. The fraction of sp³-hybridized carbons (Fsp3) is 0.200. The number of pyridine rings is 1. The lowest BCUT2D eigenvalue weighted by atomic mass is 10.2. The van der Waals surface area contributed by atoms with Crippen molar-refractivity contribution < 1.29 is 8.42 Å². The second kappa shape index (κ2) is 7.82. The summed E-state index contributed by atoms with van der Waals surface area (Å²) in [5.41, 5.74) is 0.716. The summed E-state index contributed by atoms with van der Waals surface area (Å²) in [6.45, 7) is 2.11. The molecule has 4 nitrogen and oxygen atoms in total. The van der Waals surface area contributed by atoms with E-state index in [1.807, 2.05) is 24.3 Å². The lowest BCUT2D eigenvalue weighted by Crippen LogP contribution is -2.25. The van der Waals surface area contributed by atoms with Gasteiger partial charge < -0.3 is 0 Å². The van der Waals surface area contributed by atoms with Crippen molar-refractivity contribution >= 4 is 39.4 Å². The van der Waals surface area contributed by atoms with Gasteiger partial charge in [-0.15, -0.1) is 0 Å². The van der Waals surface area contributed by atoms with Crippen molar-refractivity contribution in [3.8, 4) is 0 Å². The summed E-state index contributed by atoms with van der Waals surface area (Å²) in [5, 5.41) is 2.34. The van der Waals surface area contributed by atoms with Crippen LogP contribution < -0.4 is 4.72 Å². The minimum absolute atomic E-state index is 0.290. The third-order valence-electron chi connectivity index (χ3n) is 2.93. The lowest BCUT2D eigenvalue weighted by molar-refractivity contribution is 0.582. The molecule has 7 heteroatoms. The van der Waals surface area contributed by atoms with Crippen molar-refractivity contribution in [2.75, 3.05) is 6.54 Å². The van der Waals surface area contributed by atoms with Crippen molar-refractivity contribution in [3.63, 3.8) is 0 Å². The van der Waals surface area contributed by atoms with Crippen LogP contribution in [0.3, 0.4) is 0 Å². The van der Waals surface area contributed by atoms with Gasteiger partial charge >= 0.3 is 0 Å². The zero-order valence-corrected chi connectivity index (χ0v) is 14.5. The molecule has 1 N–H and O–H groups in total. The van der Waals surface area contributed by atoms with Crippen LogP contribution in [0.25, 0.3) is 0 Å². The van der Waals surface area contributed by atoms with Gasteiger partial charge in [0.1, 0.15) is 5.03 Å². The fourth-order valence-electron chi connectivity index (χ4n) is 1.85. The van der Waals surface area contributed by atoms with E-state index in [1.54, 1.807) is 25.3 Å². The van der Waals surface area contributed by atoms with Crippen LogP contribution in [0, 0.1) is 6.92 Å². The maximum atomic E-state index is 12.3. The normalized spacial score (nSPS) is 11.3. The first-order chi connectivity index (χ1) is 10.5.